The van der Waals surface area contributed by atoms with E-state index in [0.29, 0.717) is 24.9 Å². The summed E-state index contributed by atoms with van der Waals surface area (Å²) in [7, 11) is 1.15. The minimum absolute atomic E-state index is 0.111. The first kappa shape index (κ1) is 24.4. The Balaban J connectivity index is 2.47. The predicted molar refractivity (Wildman–Crippen MR) is 113 cm³/mol. The summed E-state index contributed by atoms with van der Waals surface area (Å²) in [5, 5.41) is 2.54. The second-order valence-electron chi connectivity index (χ2n) is 9.37. The molecule has 2 amide bonds. The van der Waals surface area contributed by atoms with Gasteiger partial charge in [0.15, 0.2) is 0 Å². The summed E-state index contributed by atoms with van der Waals surface area (Å²) in [5.41, 5.74) is -1.23. The van der Waals surface area contributed by atoms with Crippen molar-refractivity contribution in [3.05, 3.63) is 29.1 Å². The molecule has 9 heteroatoms. The number of ether oxygens (including phenoxy) is 3. The lowest BCUT2D eigenvalue weighted by atomic mass is 9.99. The minimum Gasteiger partial charge on any atom is -0.465 e. The minimum atomic E-state index is -0.858. The van der Waals surface area contributed by atoms with E-state index in [1.165, 1.54) is 11.0 Å². The van der Waals surface area contributed by atoms with Crippen LogP contribution in [0.5, 0.6) is 0 Å². The van der Waals surface area contributed by atoms with Gasteiger partial charge in [0, 0.05) is 6.54 Å². The summed E-state index contributed by atoms with van der Waals surface area (Å²) in [4.78, 5) is 38.6. The van der Waals surface area contributed by atoms with E-state index in [2.05, 4.69) is 10.1 Å². The van der Waals surface area contributed by atoms with E-state index >= 15 is 0 Å². The Labute approximate surface area is 182 Å². The third-order valence-electron chi connectivity index (χ3n) is 4.42. The number of rotatable bonds is 3. The fourth-order valence-corrected chi connectivity index (χ4v) is 3.28. The van der Waals surface area contributed by atoms with Gasteiger partial charge >= 0.3 is 18.2 Å². The van der Waals surface area contributed by atoms with Crippen molar-refractivity contribution in [2.75, 3.05) is 19.0 Å². The summed E-state index contributed by atoms with van der Waals surface area (Å²) in [6.45, 7) is 10.8. The van der Waals surface area contributed by atoms with Gasteiger partial charge in [-0.3, -0.25) is 5.32 Å². The Morgan fingerprint density at radius 1 is 1.06 bits per heavy atom. The topological polar surface area (TPSA) is 94.2 Å². The first-order chi connectivity index (χ1) is 14.2. The zero-order chi connectivity index (χ0) is 23.6. The van der Waals surface area contributed by atoms with Crippen LogP contribution >= 0.6 is 0 Å². The van der Waals surface area contributed by atoms with Gasteiger partial charge in [-0.15, -0.1) is 0 Å². The third-order valence-corrected chi connectivity index (χ3v) is 4.42. The van der Waals surface area contributed by atoms with Crippen LogP contribution in [-0.2, 0) is 14.2 Å². The first-order valence-electron chi connectivity index (χ1n) is 10.1. The average Bonchev–Trinajstić information content (AvgIpc) is 3.07. The number of esters is 1. The molecule has 1 aromatic carbocycles. The molecule has 1 aromatic rings. The summed E-state index contributed by atoms with van der Waals surface area (Å²) in [5.74, 6) is -1.71. The predicted octanol–water partition coefficient (Wildman–Crippen LogP) is 5.03. The second kappa shape index (κ2) is 9.11. The Bertz CT molecular complexity index is 857. The number of nitrogens with zero attached hydrogens (tertiary/aromatic N) is 1. The van der Waals surface area contributed by atoms with Crippen LogP contribution in [0.1, 0.15) is 76.3 Å². The number of halogens is 1. The van der Waals surface area contributed by atoms with Crippen molar-refractivity contribution in [3.63, 3.8) is 0 Å². The number of carbonyl (C=O) groups excluding carboxylic acids is 3. The zero-order valence-corrected chi connectivity index (χ0v) is 19.1. The van der Waals surface area contributed by atoms with Gasteiger partial charge in [0.25, 0.3) is 0 Å². The van der Waals surface area contributed by atoms with Gasteiger partial charge in [0.2, 0.25) is 0 Å². The largest absolute Gasteiger partial charge is 0.465 e. The number of benzene rings is 1. The monoisotopic (exact) mass is 438 g/mol. The van der Waals surface area contributed by atoms with Gasteiger partial charge in [-0.1, -0.05) is 0 Å². The number of hydrogen-bond acceptors (Lipinski definition) is 6. The van der Waals surface area contributed by atoms with E-state index in [1.54, 1.807) is 41.5 Å². The molecule has 0 saturated carbocycles. The van der Waals surface area contributed by atoms with E-state index in [9.17, 15) is 18.8 Å². The average molecular weight is 438 g/mol. The lowest BCUT2D eigenvalue weighted by Crippen LogP contribution is -2.37. The number of carbonyl (C=O) groups is 3. The van der Waals surface area contributed by atoms with Crippen molar-refractivity contribution >= 4 is 23.8 Å². The molecule has 0 aromatic heterocycles. The van der Waals surface area contributed by atoms with Crippen LogP contribution in [-0.4, -0.2) is 47.9 Å². The SMILES string of the molecule is COC(=O)c1cc([C@H]2CCCN2C(=O)OC(C)(C)C)c(NC(=O)OC(C)(C)C)cc1F. The molecule has 0 spiro atoms. The molecule has 1 saturated heterocycles. The number of nitrogens with one attached hydrogen (secondary N) is 1. The quantitative estimate of drug-likeness (QED) is 0.525. The molecule has 0 bridgehead atoms. The first-order valence-corrected chi connectivity index (χ1v) is 10.1. The molecule has 31 heavy (non-hydrogen) atoms. The van der Waals surface area contributed by atoms with Crippen molar-refractivity contribution in [2.24, 2.45) is 0 Å². The van der Waals surface area contributed by atoms with Gasteiger partial charge < -0.3 is 19.1 Å². The molecule has 0 unspecified atom stereocenters. The number of hydrogen-bond donors (Lipinski definition) is 1. The van der Waals surface area contributed by atoms with Gasteiger partial charge in [-0.05, 0) is 72.1 Å². The van der Waals surface area contributed by atoms with E-state index in [4.69, 9.17) is 9.47 Å². The lowest BCUT2D eigenvalue weighted by Gasteiger charge is -2.30. The van der Waals surface area contributed by atoms with Gasteiger partial charge in [0.1, 0.15) is 17.0 Å². The van der Waals surface area contributed by atoms with Crippen molar-refractivity contribution in [3.8, 4) is 0 Å². The molecule has 0 radical (unpaired) electrons. The Morgan fingerprint density at radius 3 is 2.23 bits per heavy atom. The number of methoxy groups -OCH3 is 1. The standard InChI is InChI=1S/C22H31FN2O6/c1-21(2,3)30-19(27)24-16-12-15(23)13(18(26)29-7)11-14(16)17-9-8-10-25(17)20(28)31-22(4,5)6/h11-12,17H,8-10H2,1-7H3,(H,24,27)/t17-/m1/s1. The number of anilines is 1. The van der Waals surface area contributed by atoms with Gasteiger partial charge in [-0.2, -0.15) is 0 Å². The van der Waals surface area contributed by atoms with Crippen LogP contribution in [0, 0.1) is 5.82 Å². The number of likely N-dealkylation sites (tertiary alicyclic amines) is 1. The normalized spacial score (nSPS) is 16.6. The summed E-state index contributed by atoms with van der Waals surface area (Å²) in [6, 6.07) is 1.82. The fraction of sp³-hybridized carbons (Fsp3) is 0.591. The van der Waals surface area contributed by atoms with Crippen molar-refractivity contribution < 1.29 is 33.0 Å². The highest BCUT2D eigenvalue weighted by atomic mass is 19.1. The molecule has 0 aliphatic carbocycles. The van der Waals surface area contributed by atoms with Crippen molar-refractivity contribution in [1.82, 2.24) is 4.90 Å². The number of amides is 2. The highest BCUT2D eigenvalue weighted by Crippen LogP contribution is 2.38. The smallest absolute Gasteiger partial charge is 0.412 e. The fourth-order valence-electron chi connectivity index (χ4n) is 3.28. The molecular formula is C22H31FN2O6. The van der Waals surface area contributed by atoms with E-state index in [0.717, 1.165) is 13.2 Å². The molecule has 1 aliphatic rings. The molecule has 2 rings (SSSR count). The lowest BCUT2D eigenvalue weighted by molar-refractivity contribution is 0.0225. The van der Waals surface area contributed by atoms with E-state index in [-0.39, 0.29) is 11.3 Å². The molecular weight excluding hydrogens is 407 g/mol. The highest BCUT2D eigenvalue weighted by Gasteiger charge is 2.36. The highest BCUT2D eigenvalue weighted by molar-refractivity contribution is 5.92. The molecule has 1 heterocycles. The van der Waals surface area contributed by atoms with Crippen molar-refractivity contribution in [2.45, 2.75) is 71.6 Å². The Morgan fingerprint density at radius 2 is 1.68 bits per heavy atom. The van der Waals surface area contributed by atoms with Gasteiger partial charge in [-0.25, -0.2) is 18.8 Å². The Hall–Kier alpha value is -2.84. The molecule has 172 valence electrons. The molecule has 1 fully saturated rings. The maximum atomic E-state index is 14.6. The summed E-state index contributed by atoms with van der Waals surface area (Å²) in [6.07, 6.45) is -0.0715. The molecule has 1 atom stereocenters. The summed E-state index contributed by atoms with van der Waals surface area (Å²) < 4.78 is 30.0. The van der Waals surface area contributed by atoms with Crippen LogP contribution in [0.25, 0.3) is 0 Å². The second-order valence-corrected chi connectivity index (χ2v) is 9.37. The van der Waals surface area contributed by atoms with Crippen LogP contribution in [0.4, 0.5) is 19.7 Å². The van der Waals surface area contributed by atoms with E-state index in [1.807, 2.05) is 0 Å². The van der Waals surface area contributed by atoms with Crippen LogP contribution in [0.2, 0.25) is 0 Å². The third kappa shape index (κ3) is 6.57. The molecule has 1 N–H and O–H groups in total. The van der Waals surface area contributed by atoms with E-state index < -0.39 is 41.2 Å². The van der Waals surface area contributed by atoms with Gasteiger partial charge in [0.05, 0.1) is 24.4 Å². The molecule has 1 aliphatic heterocycles. The maximum absolute atomic E-state index is 14.6. The maximum Gasteiger partial charge on any atom is 0.412 e. The van der Waals surface area contributed by atoms with Crippen LogP contribution in [0.3, 0.4) is 0 Å². The molecule has 8 nitrogen and oxygen atoms in total. The van der Waals surface area contributed by atoms with Crippen LogP contribution < -0.4 is 5.32 Å². The zero-order valence-electron chi connectivity index (χ0n) is 19.1. The van der Waals surface area contributed by atoms with Crippen LogP contribution in [0.15, 0.2) is 12.1 Å². The Kier molecular flexibility index (Phi) is 7.18. The van der Waals surface area contributed by atoms with Crippen molar-refractivity contribution in [1.29, 1.82) is 0 Å². The summed E-state index contributed by atoms with van der Waals surface area (Å²) >= 11 is 0.